The number of anilines is 1. The number of rotatable bonds is 2. The highest BCUT2D eigenvalue weighted by Gasteiger charge is 2.11. The summed E-state index contributed by atoms with van der Waals surface area (Å²) in [6.07, 6.45) is 7.64. The lowest BCUT2D eigenvalue weighted by atomic mass is 10.1. The van der Waals surface area contributed by atoms with Crippen LogP contribution >= 0.6 is 0 Å². The van der Waals surface area contributed by atoms with E-state index in [9.17, 15) is 0 Å². The van der Waals surface area contributed by atoms with Gasteiger partial charge in [0, 0.05) is 30.2 Å². The van der Waals surface area contributed by atoms with Crippen molar-refractivity contribution in [3.05, 3.63) is 24.0 Å². The minimum Gasteiger partial charge on any atom is -0.398 e. The monoisotopic (exact) mass is 191 g/mol. The first-order chi connectivity index (χ1) is 6.86. The predicted octanol–water partition coefficient (Wildman–Crippen LogP) is 1.65. The average molecular weight is 191 g/mol. The largest absolute Gasteiger partial charge is 0.398 e. The zero-order chi connectivity index (χ0) is 9.80. The minimum atomic E-state index is 0.866. The molecule has 0 radical (unpaired) electrons. The molecule has 76 valence electrons. The van der Waals surface area contributed by atoms with E-state index < -0.39 is 0 Å². The molecule has 3 heteroatoms. The highest BCUT2D eigenvalue weighted by molar-refractivity contribution is 5.44. The topological polar surface area (TPSA) is 42.1 Å². The molecule has 1 aliphatic rings. The molecule has 0 spiro atoms. The number of hydrogen-bond donors (Lipinski definition) is 1. The van der Waals surface area contributed by atoms with Gasteiger partial charge in [-0.25, -0.2) is 0 Å². The lowest BCUT2D eigenvalue weighted by Gasteiger charge is -2.26. The normalized spacial score (nSPS) is 18.3. The van der Waals surface area contributed by atoms with E-state index in [0.29, 0.717) is 0 Å². The van der Waals surface area contributed by atoms with Crippen LogP contribution in [0.2, 0.25) is 0 Å². The van der Waals surface area contributed by atoms with Crippen LogP contribution in [0.4, 0.5) is 5.69 Å². The zero-order valence-electron chi connectivity index (χ0n) is 8.45. The van der Waals surface area contributed by atoms with Crippen molar-refractivity contribution >= 4 is 5.69 Å². The fraction of sp³-hybridized carbons (Fsp3) is 0.545. The van der Waals surface area contributed by atoms with E-state index in [1.807, 2.05) is 12.3 Å². The molecule has 0 atom stereocenters. The van der Waals surface area contributed by atoms with Crippen molar-refractivity contribution in [2.45, 2.75) is 25.8 Å². The maximum atomic E-state index is 5.87. The van der Waals surface area contributed by atoms with Gasteiger partial charge in [0.2, 0.25) is 0 Å². The summed E-state index contributed by atoms with van der Waals surface area (Å²) < 4.78 is 0. The van der Waals surface area contributed by atoms with Gasteiger partial charge in [-0.15, -0.1) is 0 Å². The van der Waals surface area contributed by atoms with Crippen molar-refractivity contribution in [1.82, 2.24) is 9.88 Å². The molecule has 2 N–H and O–H groups in total. The van der Waals surface area contributed by atoms with Crippen molar-refractivity contribution in [3.63, 3.8) is 0 Å². The second-order valence-corrected chi connectivity index (χ2v) is 3.91. The number of aromatic nitrogens is 1. The van der Waals surface area contributed by atoms with Crippen molar-refractivity contribution in [3.8, 4) is 0 Å². The molecule has 1 aliphatic heterocycles. The van der Waals surface area contributed by atoms with Gasteiger partial charge < -0.3 is 5.73 Å². The first-order valence-corrected chi connectivity index (χ1v) is 5.27. The van der Waals surface area contributed by atoms with Crippen molar-refractivity contribution in [2.24, 2.45) is 0 Å². The Hall–Kier alpha value is -1.09. The van der Waals surface area contributed by atoms with Crippen molar-refractivity contribution in [2.75, 3.05) is 18.8 Å². The number of likely N-dealkylation sites (tertiary alicyclic amines) is 1. The molecule has 1 aromatic heterocycles. The minimum absolute atomic E-state index is 0.866. The van der Waals surface area contributed by atoms with Gasteiger partial charge in [-0.1, -0.05) is 6.42 Å². The molecular formula is C11H17N3. The lowest BCUT2D eigenvalue weighted by molar-refractivity contribution is 0.221. The number of nitrogens with two attached hydrogens (primary N) is 1. The van der Waals surface area contributed by atoms with Gasteiger partial charge in [0.05, 0.1) is 0 Å². The SMILES string of the molecule is Nc1ccncc1CN1CCCCC1. The Morgan fingerprint density at radius 1 is 1.29 bits per heavy atom. The van der Waals surface area contributed by atoms with Crippen LogP contribution in [0.5, 0.6) is 0 Å². The molecule has 0 saturated carbocycles. The molecule has 0 amide bonds. The van der Waals surface area contributed by atoms with E-state index in [-0.39, 0.29) is 0 Å². The van der Waals surface area contributed by atoms with E-state index >= 15 is 0 Å². The molecule has 1 saturated heterocycles. The number of nitrogens with zero attached hydrogens (tertiary/aromatic N) is 2. The fourth-order valence-corrected chi connectivity index (χ4v) is 1.93. The Morgan fingerprint density at radius 3 is 2.79 bits per heavy atom. The van der Waals surface area contributed by atoms with E-state index in [4.69, 9.17) is 5.73 Å². The van der Waals surface area contributed by atoms with E-state index in [0.717, 1.165) is 17.8 Å². The first-order valence-electron chi connectivity index (χ1n) is 5.27. The molecule has 0 aromatic carbocycles. The van der Waals surface area contributed by atoms with Crippen LogP contribution in [-0.4, -0.2) is 23.0 Å². The Balaban J connectivity index is 1.99. The van der Waals surface area contributed by atoms with Crippen LogP contribution in [0.1, 0.15) is 24.8 Å². The standard InChI is InChI=1S/C11H17N3/c12-11-4-5-13-8-10(11)9-14-6-2-1-3-7-14/h4-5,8H,1-3,6-7,9H2,(H2,12,13). The van der Waals surface area contributed by atoms with Crippen molar-refractivity contribution in [1.29, 1.82) is 0 Å². The highest BCUT2D eigenvalue weighted by Crippen LogP contribution is 2.15. The molecule has 0 unspecified atom stereocenters. The summed E-state index contributed by atoms with van der Waals surface area (Å²) in [4.78, 5) is 6.56. The smallest absolute Gasteiger partial charge is 0.0390 e. The maximum Gasteiger partial charge on any atom is 0.0390 e. The van der Waals surface area contributed by atoms with Gasteiger partial charge in [0.25, 0.3) is 0 Å². The van der Waals surface area contributed by atoms with Crippen LogP contribution in [0.3, 0.4) is 0 Å². The van der Waals surface area contributed by atoms with Crippen LogP contribution in [-0.2, 0) is 6.54 Å². The van der Waals surface area contributed by atoms with Crippen LogP contribution < -0.4 is 5.73 Å². The highest BCUT2D eigenvalue weighted by atomic mass is 15.1. The summed E-state index contributed by atoms with van der Waals surface area (Å²) in [6.45, 7) is 3.36. The van der Waals surface area contributed by atoms with E-state index in [1.165, 1.54) is 32.4 Å². The Morgan fingerprint density at radius 2 is 2.07 bits per heavy atom. The quantitative estimate of drug-likeness (QED) is 0.773. The van der Waals surface area contributed by atoms with Crippen LogP contribution in [0, 0.1) is 0 Å². The average Bonchev–Trinajstić information content (AvgIpc) is 2.23. The van der Waals surface area contributed by atoms with Gasteiger partial charge in [-0.2, -0.15) is 0 Å². The number of pyridine rings is 1. The Labute approximate surface area is 84.9 Å². The molecular weight excluding hydrogens is 174 g/mol. The summed E-state index contributed by atoms with van der Waals surface area (Å²) in [5.74, 6) is 0. The number of hydrogen-bond acceptors (Lipinski definition) is 3. The number of nitrogen functional groups attached to an aromatic ring is 1. The third kappa shape index (κ3) is 2.23. The van der Waals surface area contributed by atoms with Crippen molar-refractivity contribution < 1.29 is 0 Å². The Bertz CT molecular complexity index is 292. The third-order valence-corrected chi connectivity index (χ3v) is 2.78. The van der Waals surface area contributed by atoms with Gasteiger partial charge in [-0.3, -0.25) is 9.88 Å². The predicted molar refractivity (Wildman–Crippen MR) is 57.8 cm³/mol. The summed E-state index contributed by atoms with van der Waals surface area (Å²) in [7, 11) is 0. The lowest BCUT2D eigenvalue weighted by Crippen LogP contribution is -2.29. The second kappa shape index (κ2) is 4.42. The Kier molecular flexibility index (Phi) is 2.99. The number of piperidine rings is 1. The fourth-order valence-electron chi connectivity index (χ4n) is 1.93. The second-order valence-electron chi connectivity index (χ2n) is 3.91. The molecule has 3 nitrogen and oxygen atoms in total. The van der Waals surface area contributed by atoms with Gasteiger partial charge in [0.1, 0.15) is 0 Å². The molecule has 14 heavy (non-hydrogen) atoms. The van der Waals surface area contributed by atoms with E-state index in [2.05, 4.69) is 9.88 Å². The summed E-state index contributed by atoms with van der Waals surface area (Å²) >= 11 is 0. The maximum absolute atomic E-state index is 5.87. The molecule has 0 bridgehead atoms. The van der Waals surface area contributed by atoms with Gasteiger partial charge >= 0.3 is 0 Å². The van der Waals surface area contributed by atoms with E-state index in [1.54, 1.807) is 6.20 Å². The molecule has 0 aliphatic carbocycles. The van der Waals surface area contributed by atoms with Crippen LogP contribution in [0.25, 0.3) is 0 Å². The molecule has 1 aromatic rings. The summed E-state index contributed by atoms with van der Waals surface area (Å²) in [6, 6.07) is 1.87. The molecule has 2 heterocycles. The third-order valence-electron chi connectivity index (χ3n) is 2.78. The van der Waals surface area contributed by atoms with Gasteiger partial charge in [-0.05, 0) is 32.0 Å². The molecule has 2 rings (SSSR count). The zero-order valence-corrected chi connectivity index (χ0v) is 8.45. The van der Waals surface area contributed by atoms with Crippen LogP contribution in [0.15, 0.2) is 18.5 Å². The van der Waals surface area contributed by atoms with Gasteiger partial charge in [0.15, 0.2) is 0 Å². The molecule has 1 fully saturated rings. The summed E-state index contributed by atoms with van der Waals surface area (Å²) in [5, 5.41) is 0. The first kappa shape index (κ1) is 9.46. The summed E-state index contributed by atoms with van der Waals surface area (Å²) in [5.41, 5.74) is 7.90.